The van der Waals surface area contributed by atoms with Gasteiger partial charge in [-0.2, -0.15) is 0 Å². The number of carbonyl (C=O) groups excluding carboxylic acids is 2. The molecule has 0 aliphatic carbocycles. The molecule has 3 amide bonds. The number of anilines is 1. The van der Waals surface area contributed by atoms with Gasteiger partial charge in [0.25, 0.3) is 5.91 Å². The number of piperidine rings is 1. The molecular weight excluding hydrogens is 572 g/mol. The van der Waals surface area contributed by atoms with Crippen LogP contribution in [0.5, 0.6) is 0 Å². The van der Waals surface area contributed by atoms with E-state index in [1.54, 1.807) is 0 Å². The molecule has 1 unspecified atom stereocenters. The molecule has 8 heteroatoms. The van der Waals surface area contributed by atoms with Crippen LogP contribution in [0.4, 0.5) is 10.5 Å². The molecule has 2 aliphatic heterocycles. The van der Waals surface area contributed by atoms with E-state index in [-0.39, 0.29) is 24.3 Å². The van der Waals surface area contributed by atoms with Gasteiger partial charge in [0.1, 0.15) is 0 Å². The summed E-state index contributed by atoms with van der Waals surface area (Å²) in [7, 11) is 0. The van der Waals surface area contributed by atoms with E-state index in [0.717, 1.165) is 68.7 Å². The summed E-state index contributed by atoms with van der Waals surface area (Å²) < 4.78 is 5.41. The van der Waals surface area contributed by atoms with Gasteiger partial charge in [0.05, 0.1) is 13.2 Å². The van der Waals surface area contributed by atoms with E-state index in [1.165, 1.54) is 5.56 Å². The van der Waals surface area contributed by atoms with Gasteiger partial charge in [0.15, 0.2) is 0 Å². The summed E-state index contributed by atoms with van der Waals surface area (Å²) in [6.45, 7) is 11.0. The maximum Gasteiger partial charge on any atom is 0.320 e. The summed E-state index contributed by atoms with van der Waals surface area (Å²) in [6.07, 6.45) is 4.12. The number of likely N-dealkylation sites (tertiary alicyclic amines) is 1. The minimum atomic E-state index is -0.101. The van der Waals surface area contributed by atoms with Crippen LogP contribution >= 0.6 is 12.4 Å². The Morgan fingerprint density at radius 2 is 1.59 bits per heavy atom. The molecular formula is C36H47ClN4O3. The topological polar surface area (TPSA) is 65.1 Å². The summed E-state index contributed by atoms with van der Waals surface area (Å²) in [4.78, 5) is 32.9. The van der Waals surface area contributed by atoms with E-state index in [1.807, 2.05) is 76.5 Å². The molecule has 3 aromatic rings. The number of benzene rings is 3. The number of nitrogens with zero attached hydrogens (tertiary/aromatic N) is 3. The van der Waals surface area contributed by atoms with Crippen molar-refractivity contribution in [2.24, 2.45) is 5.92 Å². The monoisotopic (exact) mass is 618 g/mol. The lowest BCUT2D eigenvalue weighted by molar-refractivity contribution is 0.0386. The van der Waals surface area contributed by atoms with E-state index in [4.69, 9.17) is 4.74 Å². The molecule has 2 aliphatic rings. The van der Waals surface area contributed by atoms with E-state index in [0.29, 0.717) is 43.8 Å². The Morgan fingerprint density at radius 1 is 0.909 bits per heavy atom. The summed E-state index contributed by atoms with van der Waals surface area (Å²) in [6, 6.07) is 26.6. The van der Waals surface area contributed by atoms with Crippen LogP contribution in [0.2, 0.25) is 0 Å². The highest BCUT2D eigenvalue weighted by Crippen LogP contribution is 2.26. The minimum absolute atomic E-state index is 0. The van der Waals surface area contributed by atoms with E-state index < -0.39 is 0 Å². The number of carbonyl (C=O) groups is 2. The first-order chi connectivity index (χ1) is 21.0. The van der Waals surface area contributed by atoms with Crippen molar-refractivity contribution in [3.05, 3.63) is 90.0 Å². The maximum atomic E-state index is 13.4. The van der Waals surface area contributed by atoms with Gasteiger partial charge >= 0.3 is 6.03 Å². The highest BCUT2D eigenvalue weighted by molar-refractivity contribution is 6.08. The molecule has 7 nitrogen and oxygen atoms in total. The van der Waals surface area contributed by atoms with Crippen LogP contribution in [-0.2, 0) is 11.2 Å². The van der Waals surface area contributed by atoms with Crippen molar-refractivity contribution >= 4 is 30.0 Å². The average molecular weight is 619 g/mol. The number of hydrogen-bond acceptors (Lipinski definition) is 4. The third-order valence-corrected chi connectivity index (χ3v) is 8.77. The summed E-state index contributed by atoms with van der Waals surface area (Å²) >= 11 is 0. The fourth-order valence-electron chi connectivity index (χ4n) is 6.37. The Bertz CT molecular complexity index is 1340. The molecule has 5 rings (SSSR count). The minimum Gasteiger partial charge on any atom is -0.378 e. The Morgan fingerprint density at radius 3 is 2.32 bits per heavy atom. The maximum absolute atomic E-state index is 13.4. The molecule has 44 heavy (non-hydrogen) atoms. The molecule has 0 aromatic heterocycles. The molecule has 0 spiro atoms. The lowest BCUT2D eigenvalue weighted by Gasteiger charge is -2.39. The van der Waals surface area contributed by atoms with E-state index in [2.05, 4.69) is 36.2 Å². The first-order valence-corrected chi connectivity index (χ1v) is 15.9. The normalized spacial score (nSPS) is 16.3. The highest BCUT2D eigenvalue weighted by Gasteiger charge is 2.29. The molecule has 0 bridgehead atoms. The van der Waals surface area contributed by atoms with Gasteiger partial charge in [-0.1, -0.05) is 67.6 Å². The molecule has 1 N–H and O–H groups in total. The van der Waals surface area contributed by atoms with Gasteiger partial charge in [-0.3, -0.25) is 4.79 Å². The Labute approximate surface area is 269 Å². The fourth-order valence-corrected chi connectivity index (χ4v) is 6.37. The van der Waals surface area contributed by atoms with Gasteiger partial charge < -0.3 is 24.8 Å². The molecule has 236 valence electrons. The second-order valence-electron chi connectivity index (χ2n) is 11.9. The van der Waals surface area contributed by atoms with Gasteiger partial charge in [-0.25, -0.2) is 4.79 Å². The van der Waals surface area contributed by atoms with Gasteiger partial charge in [0.2, 0.25) is 0 Å². The quantitative estimate of drug-likeness (QED) is 0.270. The van der Waals surface area contributed by atoms with Gasteiger partial charge in [0, 0.05) is 50.0 Å². The number of urea groups is 1. The molecule has 2 fully saturated rings. The van der Waals surface area contributed by atoms with Crippen LogP contribution in [0.15, 0.2) is 78.9 Å². The van der Waals surface area contributed by atoms with E-state index in [9.17, 15) is 9.59 Å². The van der Waals surface area contributed by atoms with Crippen LogP contribution in [0.1, 0.15) is 49.0 Å². The lowest BCUT2D eigenvalue weighted by Crippen LogP contribution is -2.51. The van der Waals surface area contributed by atoms with Crippen molar-refractivity contribution in [3.63, 3.8) is 0 Å². The predicted octanol–water partition coefficient (Wildman–Crippen LogP) is 6.83. The fraction of sp³-hybridized carbons (Fsp3) is 0.444. The van der Waals surface area contributed by atoms with Crippen LogP contribution in [0, 0.1) is 5.92 Å². The first-order valence-electron chi connectivity index (χ1n) is 15.9. The molecule has 0 saturated carbocycles. The van der Waals surface area contributed by atoms with E-state index >= 15 is 0 Å². The lowest BCUT2D eigenvalue weighted by atomic mass is 9.95. The zero-order valence-electron chi connectivity index (χ0n) is 26.1. The van der Waals surface area contributed by atoms with Crippen molar-refractivity contribution in [2.75, 3.05) is 57.8 Å². The number of rotatable bonds is 10. The Balaban J connectivity index is 0.00000442. The number of nitrogens with one attached hydrogen (secondary N) is 1. The highest BCUT2D eigenvalue weighted by atomic mass is 35.5. The second kappa shape index (κ2) is 16.6. The molecule has 1 atom stereocenters. The smallest absolute Gasteiger partial charge is 0.320 e. The first kappa shape index (κ1) is 33.5. The molecule has 3 aromatic carbocycles. The van der Waals surface area contributed by atoms with Crippen molar-refractivity contribution < 1.29 is 14.3 Å². The van der Waals surface area contributed by atoms with Crippen LogP contribution < -0.4 is 5.32 Å². The number of ether oxygens (including phenoxy) is 1. The number of halogens is 1. The number of morpholine rings is 1. The van der Waals surface area contributed by atoms with Crippen molar-refractivity contribution in [2.45, 2.75) is 45.6 Å². The van der Waals surface area contributed by atoms with Gasteiger partial charge in [-0.05, 0) is 80.0 Å². The predicted molar refractivity (Wildman–Crippen MR) is 181 cm³/mol. The molecule has 2 saturated heterocycles. The van der Waals surface area contributed by atoms with Crippen molar-refractivity contribution in [3.8, 4) is 11.1 Å². The largest absolute Gasteiger partial charge is 0.378 e. The second-order valence-corrected chi connectivity index (χ2v) is 11.9. The molecule has 2 heterocycles. The summed E-state index contributed by atoms with van der Waals surface area (Å²) in [5, 5.41) is 3.14. The zero-order valence-corrected chi connectivity index (χ0v) is 26.9. The number of hydrogen-bond donors (Lipinski definition) is 1. The van der Waals surface area contributed by atoms with Crippen LogP contribution in [-0.4, -0.2) is 85.2 Å². The standard InChI is InChI=1S/C36H46N4O3.ClH/c1-3-18-40(27-29-16-19-38(20-17-29)36(42)39-21-23-43-24-22-39)28(2)25-30-10-9-13-32(26-30)37-35(41)34-15-8-7-14-33(34)31-11-5-4-6-12-31;/h4-15,26,28-29H,3,16-25,27H2,1-2H3,(H,37,41);1H. The summed E-state index contributed by atoms with van der Waals surface area (Å²) in [5.41, 5.74) is 4.66. The van der Waals surface area contributed by atoms with Crippen LogP contribution in [0.3, 0.4) is 0 Å². The zero-order chi connectivity index (χ0) is 30.0. The van der Waals surface area contributed by atoms with Crippen molar-refractivity contribution in [1.82, 2.24) is 14.7 Å². The SMILES string of the molecule is CCCN(CC1CCN(C(=O)N2CCOCC2)CC1)C(C)Cc1cccc(NC(=O)c2ccccc2-c2ccccc2)c1.Cl. The third-order valence-electron chi connectivity index (χ3n) is 8.77. The molecule has 0 radical (unpaired) electrons. The number of amides is 3. The Hall–Kier alpha value is -3.39. The average Bonchev–Trinajstić information content (AvgIpc) is 3.05. The third kappa shape index (κ3) is 8.84. The van der Waals surface area contributed by atoms with Crippen LogP contribution in [0.25, 0.3) is 11.1 Å². The van der Waals surface area contributed by atoms with Crippen molar-refractivity contribution in [1.29, 1.82) is 0 Å². The Kier molecular flexibility index (Phi) is 12.7. The van der Waals surface area contributed by atoms with Gasteiger partial charge in [-0.15, -0.1) is 12.4 Å². The summed E-state index contributed by atoms with van der Waals surface area (Å²) in [5.74, 6) is 0.494.